The average Bonchev–Trinajstić information content (AvgIpc) is 2.53. The standard InChI is InChI=1S/C13H16F9NO2/c14-10(11(15,16)9-6-24-1-2-25-9)23-4-7(12(17,18)19)3-8(5-23)13(20,21)22/h7-10H,1-6H2. The van der Waals surface area contributed by atoms with Crippen LogP contribution in [0.2, 0.25) is 0 Å². The topological polar surface area (TPSA) is 21.7 Å². The molecule has 4 atom stereocenters. The first-order valence-electron chi connectivity index (χ1n) is 7.42. The number of alkyl halides is 9. The summed E-state index contributed by atoms with van der Waals surface area (Å²) in [6, 6.07) is 0. The molecule has 2 heterocycles. The fourth-order valence-electron chi connectivity index (χ4n) is 2.90. The third-order valence-electron chi connectivity index (χ3n) is 4.29. The highest BCUT2D eigenvalue weighted by Crippen LogP contribution is 2.43. The first kappa shape index (κ1) is 20.6. The summed E-state index contributed by atoms with van der Waals surface area (Å²) < 4.78 is 129. The zero-order valence-electron chi connectivity index (χ0n) is 12.7. The molecule has 3 nitrogen and oxygen atoms in total. The molecule has 2 aliphatic heterocycles. The largest absolute Gasteiger partial charge is 0.393 e. The highest BCUT2D eigenvalue weighted by molar-refractivity contribution is 4.93. The number of hydrogen-bond acceptors (Lipinski definition) is 3. The van der Waals surface area contributed by atoms with Gasteiger partial charge in [0, 0.05) is 13.1 Å². The Morgan fingerprint density at radius 2 is 1.36 bits per heavy atom. The lowest BCUT2D eigenvalue weighted by molar-refractivity contribution is -0.271. The van der Waals surface area contributed by atoms with Crippen LogP contribution in [0.4, 0.5) is 39.5 Å². The van der Waals surface area contributed by atoms with E-state index in [1.807, 2.05) is 0 Å². The molecule has 0 radical (unpaired) electrons. The summed E-state index contributed by atoms with van der Waals surface area (Å²) in [5.41, 5.74) is 0. The number of rotatable bonds is 3. The minimum absolute atomic E-state index is 0.0143. The smallest absolute Gasteiger partial charge is 0.376 e. The highest BCUT2D eigenvalue weighted by Gasteiger charge is 2.58. The minimum atomic E-state index is -5.05. The summed E-state index contributed by atoms with van der Waals surface area (Å²) in [6.45, 7) is -3.55. The van der Waals surface area contributed by atoms with Gasteiger partial charge in [-0.25, -0.2) is 4.39 Å². The number of nitrogens with zero attached hydrogens (tertiary/aromatic N) is 1. The molecule has 0 saturated carbocycles. The van der Waals surface area contributed by atoms with Crippen molar-refractivity contribution >= 4 is 0 Å². The normalized spacial score (nSPS) is 31.8. The molecule has 25 heavy (non-hydrogen) atoms. The SMILES string of the molecule is FC(N1CC(C(F)(F)F)CC(C(F)(F)F)C1)C(F)(F)C1COCCO1. The quantitative estimate of drug-likeness (QED) is 0.546. The molecule has 4 unspecified atom stereocenters. The summed E-state index contributed by atoms with van der Waals surface area (Å²) >= 11 is 0. The Hall–Kier alpha value is -0.750. The van der Waals surface area contributed by atoms with E-state index in [1.165, 1.54) is 0 Å². The molecule has 12 heteroatoms. The van der Waals surface area contributed by atoms with E-state index in [0.29, 0.717) is 0 Å². The van der Waals surface area contributed by atoms with Gasteiger partial charge < -0.3 is 9.47 Å². The summed E-state index contributed by atoms with van der Waals surface area (Å²) in [6.07, 6.45) is -16.9. The number of hydrogen-bond donors (Lipinski definition) is 0. The maximum Gasteiger partial charge on any atom is 0.393 e. The second kappa shape index (κ2) is 7.10. The first-order valence-corrected chi connectivity index (χ1v) is 7.42. The van der Waals surface area contributed by atoms with Gasteiger partial charge in [-0.05, 0) is 6.42 Å². The van der Waals surface area contributed by atoms with Crippen molar-refractivity contribution in [3.8, 4) is 0 Å². The lowest BCUT2D eigenvalue weighted by Gasteiger charge is -2.43. The molecular weight excluding hydrogens is 373 g/mol. The molecule has 2 saturated heterocycles. The van der Waals surface area contributed by atoms with Crippen LogP contribution in [0.5, 0.6) is 0 Å². The molecule has 2 aliphatic rings. The van der Waals surface area contributed by atoms with Crippen LogP contribution in [0.1, 0.15) is 6.42 Å². The number of halogens is 9. The fraction of sp³-hybridized carbons (Fsp3) is 1.00. The van der Waals surface area contributed by atoms with E-state index >= 15 is 0 Å². The second-order valence-corrected chi connectivity index (χ2v) is 6.11. The Kier molecular flexibility index (Phi) is 5.84. The van der Waals surface area contributed by atoms with E-state index in [-0.39, 0.29) is 18.1 Å². The molecular formula is C13H16F9NO2. The lowest BCUT2D eigenvalue weighted by atomic mass is 9.87. The van der Waals surface area contributed by atoms with Crippen LogP contribution in [-0.2, 0) is 9.47 Å². The van der Waals surface area contributed by atoms with Crippen LogP contribution in [0, 0.1) is 11.8 Å². The van der Waals surface area contributed by atoms with E-state index in [2.05, 4.69) is 4.74 Å². The third-order valence-corrected chi connectivity index (χ3v) is 4.29. The van der Waals surface area contributed by atoms with Crippen molar-refractivity contribution in [1.82, 2.24) is 4.90 Å². The van der Waals surface area contributed by atoms with Crippen LogP contribution >= 0.6 is 0 Å². The van der Waals surface area contributed by atoms with Crippen molar-refractivity contribution in [3.63, 3.8) is 0 Å². The van der Waals surface area contributed by atoms with Gasteiger partial charge in [0.05, 0.1) is 31.7 Å². The minimum Gasteiger partial charge on any atom is -0.376 e. The van der Waals surface area contributed by atoms with Gasteiger partial charge in [-0.15, -0.1) is 0 Å². The van der Waals surface area contributed by atoms with Gasteiger partial charge in [-0.2, -0.15) is 35.1 Å². The van der Waals surface area contributed by atoms with E-state index in [4.69, 9.17) is 4.74 Å². The summed E-state index contributed by atoms with van der Waals surface area (Å²) in [7, 11) is 0. The fourth-order valence-corrected chi connectivity index (χ4v) is 2.90. The summed E-state index contributed by atoms with van der Waals surface area (Å²) in [4.78, 5) is -0.0994. The van der Waals surface area contributed by atoms with Gasteiger partial charge in [0.15, 0.2) is 0 Å². The van der Waals surface area contributed by atoms with Crippen LogP contribution in [0.3, 0.4) is 0 Å². The molecule has 2 rings (SSSR count). The van der Waals surface area contributed by atoms with Crippen molar-refractivity contribution in [2.24, 2.45) is 11.8 Å². The van der Waals surface area contributed by atoms with Gasteiger partial charge >= 0.3 is 18.3 Å². The molecule has 0 N–H and O–H groups in total. The van der Waals surface area contributed by atoms with Crippen molar-refractivity contribution in [2.75, 3.05) is 32.9 Å². The molecule has 0 bridgehead atoms. The van der Waals surface area contributed by atoms with Crippen molar-refractivity contribution < 1.29 is 49.0 Å². The Morgan fingerprint density at radius 1 is 0.840 bits per heavy atom. The van der Waals surface area contributed by atoms with Gasteiger partial charge in [0.25, 0.3) is 0 Å². The first-order chi connectivity index (χ1) is 11.3. The second-order valence-electron chi connectivity index (χ2n) is 6.11. The predicted molar refractivity (Wildman–Crippen MR) is 65.7 cm³/mol. The predicted octanol–water partition coefficient (Wildman–Crippen LogP) is 3.40. The number of ether oxygens (including phenoxy) is 2. The van der Waals surface area contributed by atoms with E-state index in [9.17, 15) is 39.5 Å². The Labute approximate surface area is 137 Å². The van der Waals surface area contributed by atoms with Crippen LogP contribution in [0.25, 0.3) is 0 Å². The van der Waals surface area contributed by atoms with E-state index in [0.717, 1.165) is 0 Å². The molecule has 0 aromatic heterocycles. The van der Waals surface area contributed by atoms with E-state index in [1.54, 1.807) is 0 Å². The molecule has 0 aliphatic carbocycles. The van der Waals surface area contributed by atoms with Crippen LogP contribution < -0.4 is 0 Å². The third kappa shape index (κ3) is 4.70. The van der Waals surface area contributed by atoms with Gasteiger partial charge in [-0.3, -0.25) is 4.90 Å². The van der Waals surface area contributed by atoms with Gasteiger partial charge in [0.2, 0.25) is 6.30 Å². The maximum absolute atomic E-state index is 14.3. The zero-order valence-corrected chi connectivity index (χ0v) is 12.7. The van der Waals surface area contributed by atoms with Gasteiger partial charge in [-0.1, -0.05) is 0 Å². The monoisotopic (exact) mass is 389 g/mol. The Morgan fingerprint density at radius 3 is 1.76 bits per heavy atom. The van der Waals surface area contributed by atoms with Crippen LogP contribution in [-0.4, -0.2) is 68.5 Å². The summed E-state index contributed by atoms with van der Waals surface area (Å²) in [5, 5.41) is 0. The summed E-state index contributed by atoms with van der Waals surface area (Å²) in [5.74, 6) is -9.42. The number of piperidine rings is 1. The van der Waals surface area contributed by atoms with Crippen LogP contribution in [0.15, 0.2) is 0 Å². The zero-order chi connectivity index (χ0) is 19.0. The Bertz CT molecular complexity index is 426. The molecule has 2 fully saturated rings. The van der Waals surface area contributed by atoms with Crippen molar-refractivity contribution in [2.45, 2.75) is 37.1 Å². The molecule has 148 valence electrons. The lowest BCUT2D eigenvalue weighted by Crippen LogP contribution is -2.60. The molecule has 0 aromatic rings. The Balaban J connectivity index is 2.19. The molecule has 0 spiro atoms. The van der Waals surface area contributed by atoms with Crippen molar-refractivity contribution in [1.29, 1.82) is 0 Å². The maximum atomic E-state index is 14.3. The molecule has 0 aromatic carbocycles. The van der Waals surface area contributed by atoms with Gasteiger partial charge in [0.1, 0.15) is 6.10 Å². The average molecular weight is 389 g/mol. The van der Waals surface area contributed by atoms with E-state index < -0.39 is 68.6 Å². The molecule has 0 amide bonds. The number of likely N-dealkylation sites (tertiary alicyclic amines) is 1. The van der Waals surface area contributed by atoms with Crippen molar-refractivity contribution in [3.05, 3.63) is 0 Å². The highest BCUT2D eigenvalue weighted by atomic mass is 19.4.